The lowest BCUT2D eigenvalue weighted by atomic mass is 9.84. The Morgan fingerprint density at radius 2 is 1.96 bits per heavy atom. The van der Waals surface area contributed by atoms with Crippen LogP contribution in [0.3, 0.4) is 0 Å². The van der Waals surface area contributed by atoms with Crippen molar-refractivity contribution in [2.24, 2.45) is 10.9 Å². The normalized spacial score (nSPS) is 19.9. The zero-order chi connectivity index (χ0) is 20.1. The minimum absolute atomic E-state index is 0.0679. The van der Waals surface area contributed by atoms with Gasteiger partial charge >= 0.3 is 0 Å². The summed E-state index contributed by atoms with van der Waals surface area (Å²) in [5.41, 5.74) is 1.08. The molecule has 0 aliphatic carbocycles. The third-order valence-corrected chi connectivity index (χ3v) is 6.48. The minimum Gasteiger partial charge on any atom is -0.493 e. The number of nitrogens with one attached hydrogen (secondary N) is 2. The molecule has 0 saturated carbocycles. The van der Waals surface area contributed by atoms with Gasteiger partial charge in [0.15, 0.2) is 15.8 Å². The number of benzene rings is 1. The first-order valence-electron chi connectivity index (χ1n) is 9.52. The fraction of sp³-hybridized carbons (Fsp3) is 0.650. The van der Waals surface area contributed by atoms with Crippen molar-refractivity contribution in [1.82, 2.24) is 10.6 Å². The largest absolute Gasteiger partial charge is 0.493 e. The van der Waals surface area contributed by atoms with Crippen LogP contribution in [-0.4, -0.2) is 52.1 Å². The summed E-state index contributed by atoms with van der Waals surface area (Å²) >= 11 is 0. The first kappa shape index (κ1) is 21.5. The van der Waals surface area contributed by atoms with E-state index >= 15 is 0 Å². The first-order valence-corrected chi connectivity index (χ1v) is 11.3. The van der Waals surface area contributed by atoms with Crippen molar-refractivity contribution in [1.29, 1.82) is 0 Å². The van der Waals surface area contributed by atoms with Gasteiger partial charge in [-0.1, -0.05) is 39.8 Å². The topological polar surface area (TPSA) is 79.8 Å². The monoisotopic (exact) mass is 395 g/mol. The van der Waals surface area contributed by atoms with Crippen molar-refractivity contribution < 1.29 is 13.2 Å². The molecule has 1 fully saturated rings. The number of hydrogen-bond donors (Lipinski definition) is 2. The van der Waals surface area contributed by atoms with Crippen LogP contribution in [0.5, 0.6) is 5.75 Å². The second-order valence-corrected chi connectivity index (χ2v) is 10.5. The zero-order valence-electron chi connectivity index (χ0n) is 17.1. The van der Waals surface area contributed by atoms with Crippen LogP contribution in [0.25, 0.3) is 0 Å². The zero-order valence-corrected chi connectivity index (χ0v) is 17.9. The van der Waals surface area contributed by atoms with E-state index in [9.17, 15) is 8.42 Å². The fourth-order valence-corrected chi connectivity index (χ4v) is 4.64. The molecule has 27 heavy (non-hydrogen) atoms. The Hall–Kier alpha value is -1.76. The highest BCUT2D eigenvalue weighted by Gasteiger charge is 2.29. The maximum absolute atomic E-state index is 11.6. The second-order valence-electron chi connectivity index (χ2n) is 8.28. The molecule has 0 aromatic heterocycles. The molecular formula is C20H33N3O3S. The van der Waals surface area contributed by atoms with Gasteiger partial charge in [-0.15, -0.1) is 0 Å². The van der Waals surface area contributed by atoms with Crippen LogP contribution >= 0.6 is 0 Å². The van der Waals surface area contributed by atoms with Crippen molar-refractivity contribution in [3.63, 3.8) is 0 Å². The summed E-state index contributed by atoms with van der Waals surface area (Å²) in [5.74, 6) is 2.45. The molecule has 152 valence electrons. The van der Waals surface area contributed by atoms with E-state index < -0.39 is 9.84 Å². The summed E-state index contributed by atoms with van der Waals surface area (Å²) in [6, 6.07) is 8.14. The van der Waals surface area contributed by atoms with E-state index in [1.807, 2.05) is 12.1 Å². The molecule has 0 radical (unpaired) electrons. The molecule has 1 aliphatic rings. The smallest absolute Gasteiger partial charge is 0.191 e. The summed E-state index contributed by atoms with van der Waals surface area (Å²) in [4.78, 5) is 4.23. The molecule has 1 aromatic rings. The van der Waals surface area contributed by atoms with Gasteiger partial charge in [-0.25, -0.2) is 8.42 Å². The molecule has 7 heteroatoms. The van der Waals surface area contributed by atoms with Crippen molar-refractivity contribution in [2.45, 2.75) is 45.6 Å². The molecule has 1 aromatic carbocycles. The van der Waals surface area contributed by atoms with Gasteiger partial charge in [0, 0.05) is 25.0 Å². The van der Waals surface area contributed by atoms with Crippen LogP contribution in [0.4, 0.5) is 0 Å². The Labute approximate surface area is 163 Å². The molecule has 1 aliphatic heterocycles. The highest BCUT2D eigenvalue weighted by atomic mass is 32.2. The van der Waals surface area contributed by atoms with Gasteiger partial charge in [-0.2, -0.15) is 0 Å². The molecule has 1 atom stereocenters. The lowest BCUT2D eigenvalue weighted by molar-refractivity contribution is 0.271. The maximum atomic E-state index is 11.6. The first-order chi connectivity index (χ1) is 12.6. The van der Waals surface area contributed by atoms with Gasteiger partial charge in [0.2, 0.25) is 0 Å². The molecule has 2 rings (SSSR count). The van der Waals surface area contributed by atoms with Gasteiger partial charge in [-0.3, -0.25) is 4.99 Å². The number of rotatable bonds is 7. The molecule has 6 nitrogen and oxygen atoms in total. The van der Waals surface area contributed by atoms with Crippen molar-refractivity contribution in [3.8, 4) is 5.75 Å². The van der Waals surface area contributed by atoms with Gasteiger partial charge in [-0.05, 0) is 30.0 Å². The van der Waals surface area contributed by atoms with Gasteiger partial charge in [0.05, 0.1) is 18.1 Å². The van der Waals surface area contributed by atoms with Crippen LogP contribution in [0.1, 0.15) is 39.7 Å². The van der Waals surface area contributed by atoms with Crippen LogP contribution in [-0.2, 0) is 15.3 Å². The molecule has 0 amide bonds. The lowest BCUT2D eigenvalue weighted by Crippen LogP contribution is -2.47. The Kier molecular flexibility index (Phi) is 7.14. The average Bonchev–Trinajstić information content (AvgIpc) is 2.95. The summed E-state index contributed by atoms with van der Waals surface area (Å²) in [5, 5.41) is 6.55. The summed E-state index contributed by atoms with van der Waals surface area (Å²) in [6.07, 6.45) is 0.629. The van der Waals surface area contributed by atoms with E-state index in [-0.39, 0.29) is 23.0 Å². The van der Waals surface area contributed by atoms with Gasteiger partial charge in [0.25, 0.3) is 0 Å². The predicted octanol–water partition coefficient (Wildman–Crippen LogP) is 2.35. The number of ether oxygens (including phenoxy) is 1. The highest BCUT2D eigenvalue weighted by Crippen LogP contribution is 2.25. The average molecular weight is 396 g/mol. The Morgan fingerprint density at radius 3 is 2.48 bits per heavy atom. The van der Waals surface area contributed by atoms with Gasteiger partial charge < -0.3 is 15.4 Å². The van der Waals surface area contributed by atoms with E-state index in [4.69, 9.17) is 4.74 Å². The van der Waals surface area contributed by atoms with Crippen molar-refractivity contribution in [2.75, 3.05) is 31.7 Å². The summed E-state index contributed by atoms with van der Waals surface area (Å²) in [6.45, 7) is 9.98. The number of guanidine groups is 1. The second kappa shape index (κ2) is 8.95. The predicted molar refractivity (Wildman–Crippen MR) is 111 cm³/mol. The van der Waals surface area contributed by atoms with Crippen LogP contribution in [0, 0.1) is 5.92 Å². The molecule has 1 heterocycles. The van der Waals surface area contributed by atoms with Crippen LogP contribution in [0.2, 0.25) is 0 Å². The Balaban J connectivity index is 1.90. The third-order valence-electron chi connectivity index (χ3n) is 4.71. The fourth-order valence-electron chi connectivity index (χ4n) is 2.97. The van der Waals surface area contributed by atoms with Crippen LogP contribution < -0.4 is 15.4 Å². The maximum Gasteiger partial charge on any atom is 0.191 e. The molecule has 1 unspecified atom stereocenters. The third kappa shape index (κ3) is 6.72. The highest BCUT2D eigenvalue weighted by molar-refractivity contribution is 7.91. The van der Waals surface area contributed by atoms with E-state index in [0.29, 0.717) is 31.4 Å². The van der Waals surface area contributed by atoms with Gasteiger partial charge in [0.1, 0.15) is 5.75 Å². The Bertz CT molecular complexity index is 740. The number of hydrogen-bond acceptors (Lipinski definition) is 4. The molecule has 2 N–H and O–H groups in total. The number of nitrogens with zero attached hydrogens (tertiary/aromatic N) is 1. The minimum atomic E-state index is -2.91. The summed E-state index contributed by atoms with van der Waals surface area (Å²) < 4.78 is 29.0. The Morgan fingerprint density at radius 1 is 1.30 bits per heavy atom. The van der Waals surface area contributed by atoms with E-state index in [1.165, 1.54) is 5.56 Å². The molecule has 0 bridgehead atoms. The lowest BCUT2D eigenvalue weighted by Gasteiger charge is -2.27. The molecule has 1 saturated heterocycles. The molecule has 0 spiro atoms. The number of sulfone groups is 1. The van der Waals surface area contributed by atoms with E-state index in [2.05, 4.69) is 55.5 Å². The van der Waals surface area contributed by atoms with E-state index in [0.717, 1.165) is 5.75 Å². The van der Waals surface area contributed by atoms with Crippen LogP contribution in [0.15, 0.2) is 29.3 Å². The molecular weight excluding hydrogens is 362 g/mol. The standard InChI is InChI=1S/C20H33N3O3S/c1-15(2)12-26-18-8-6-16(7-9-18)20(3,4)14-22-19(21-5)23-17-10-11-27(24,25)13-17/h6-9,15,17H,10-14H2,1-5H3,(H2,21,22,23). The SMILES string of the molecule is CN=C(NCC(C)(C)c1ccc(OCC(C)C)cc1)NC1CCS(=O)(=O)C1. The summed E-state index contributed by atoms with van der Waals surface area (Å²) in [7, 11) is -1.21. The van der Waals surface area contributed by atoms with E-state index in [1.54, 1.807) is 7.05 Å². The van der Waals surface area contributed by atoms with Crippen molar-refractivity contribution in [3.05, 3.63) is 29.8 Å². The number of aliphatic imine (C=N–C) groups is 1. The quantitative estimate of drug-likeness (QED) is 0.547. The van der Waals surface area contributed by atoms with Crippen molar-refractivity contribution >= 4 is 15.8 Å².